The summed E-state index contributed by atoms with van der Waals surface area (Å²) < 4.78 is 0. The highest BCUT2D eigenvalue weighted by Gasteiger charge is 2.56. The van der Waals surface area contributed by atoms with Crippen LogP contribution in [0.1, 0.15) is 33.1 Å². The first-order chi connectivity index (χ1) is 7.20. The molecule has 0 aromatic carbocycles. The van der Waals surface area contributed by atoms with Gasteiger partial charge in [-0.1, -0.05) is 20.3 Å². The van der Waals surface area contributed by atoms with Crippen molar-refractivity contribution in [2.24, 2.45) is 17.8 Å². The molecule has 0 saturated heterocycles. The fraction of sp³-hybridized carbons (Fsp3) is 0.917. The van der Waals surface area contributed by atoms with Crippen LogP contribution in [-0.2, 0) is 4.79 Å². The Morgan fingerprint density at radius 1 is 1.27 bits per heavy atom. The van der Waals surface area contributed by atoms with Crippen LogP contribution < -0.4 is 10.6 Å². The molecule has 2 unspecified atom stereocenters. The SMILES string of the molecule is CC(C)NCCNC(=O)C1C2CCCC21. The van der Waals surface area contributed by atoms with Gasteiger partial charge in [0.25, 0.3) is 0 Å². The van der Waals surface area contributed by atoms with Crippen molar-refractivity contribution in [3.63, 3.8) is 0 Å². The van der Waals surface area contributed by atoms with Gasteiger partial charge in [-0.05, 0) is 24.7 Å². The predicted octanol–water partition coefficient (Wildman–Crippen LogP) is 1.15. The number of carbonyl (C=O) groups excluding carboxylic acids is 1. The molecule has 0 aliphatic heterocycles. The van der Waals surface area contributed by atoms with E-state index in [0.717, 1.165) is 24.9 Å². The van der Waals surface area contributed by atoms with Crippen LogP contribution in [0.25, 0.3) is 0 Å². The maximum absolute atomic E-state index is 11.7. The lowest BCUT2D eigenvalue weighted by atomic mass is 10.1. The fourth-order valence-electron chi connectivity index (χ4n) is 2.87. The van der Waals surface area contributed by atoms with E-state index in [2.05, 4.69) is 24.5 Å². The van der Waals surface area contributed by atoms with Crippen LogP contribution in [0, 0.1) is 17.8 Å². The number of hydrogen-bond donors (Lipinski definition) is 2. The molecule has 3 heteroatoms. The molecule has 0 spiro atoms. The third-order valence-corrected chi connectivity index (χ3v) is 3.69. The smallest absolute Gasteiger partial charge is 0.223 e. The lowest BCUT2D eigenvalue weighted by Gasteiger charge is -2.09. The van der Waals surface area contributed by atoms with Crippen LogP contribution in [0.5, 0.6) is 0 Å². The summed E-state index contributed by atoms with van der Waals surface area (Å²) in [6, 6.07) is 0.502. The molecule has 0 aromatic rings. The van der Waals surface area contributed by atoms with Gasteiger partial charge in [0.05, 0.1) is 0 Å². The molecule has 15 heavy (non-hydrogen) atoms. The van der Waals surface area contributed by atoms with Crippen molar-refractivity contribution in [2.45, 2.75) is 39.2 Å². The number of rotatable bonds is 5. The molecule has 2 aliphatic rings. The summed E-state index contributed by atoms with van der Waals surface area (Å²) in [6.07, 6.45) is 3.91. The van der Waals surface area contributed by atoms with Gasteiger partial charge < -0.3 is 10.6 Å². The normalized spacial score (nSPS) is 32.9. The number of hydrogen-bond acceptors (Lipinski definition) is 2. The average molecular weight is 210 g/mol. The van der Waals surface area contributed by atoms with Crippen LogP contribution in [0.4, 0.5) is 0 Å². The maximum Gasteiger partial charge on any atom is 0.223 e. The zero-order valence-corrected chi connectivity index (χ0v) is 9.75. The average Bonchev–Trinajstić information content (AvgIpc) is 2.67. The third kappa shape index (κ3) is 2.51. The third-order valence-electron chi connectivity index (χ3n) is 3.69. The molecule has 0 radical (unpaired) electrons. The summed E-state index contributed by atoms with van der Waals surface area (Å²) in [5.74, 6) is 2.15. The predicted molar refractivity (Wildman–Crippen MR) is 60.5 cm³/mol. The number of amides is 1. The van der Waals surface area contributed by atoms with Gasteiger partial charge in [0, 0.05) is 25.0 Å². The van der Waals surface area contributed by atoms with E-state index in [1.807, 2.05) is 0 Å². The summed E-state index contributed by atoms with van der Waals surface area (Å²) in [5.41, 5.74) is 0. The number of nitrogens with one attached hydrogen (secondary N) is 2. The van der Waals surface area contributed by atoms with E-state index in [0.29, 0.717) is 17.9 Å². The van der Waals surface area contributed by atoms with Crippen LogP contribution in [0.15, 0.2) is 0 Å². The molecule has 0 heterocycles. The van der Waals surface area contributed by atoms with Crippen LogP contribution >= 0.6 is 0 Å². The van der Waals surface area contributed by atoms with E-state index >= 15 is 0 Å². The quantitative estimate of drug-likeness (QED) is 0.668. The lowest BCUT2D eigenvalue weighted by Crippen LogP contribution is -2.35. The van der Waals surface area contributed by atoms with Gasteiger partial charge in [0.1, 0.15) is 0 Å². The van der Waals surface area contributed by atoms with Crippen molar-refractivity contribution in [3.05, 3.63) is 0 Å². The number of fused-ring (bicyclic) bond motifs is 1. The molecule has 2 fully saturated rings. The molecule has 0 aromatic heterocycles. The van der Waals surface area contributed by atoms with Gasteiger partial charge in [-0.2, -0.15) is 0 Å². The lowest BCUT2D eigenvalue weighted by molar-refractivity contribution is -0.123. The summed E-state index contributed by atoms with van der Waals surface area (Å²) >= 11 is 0. The highest BCUT2D eigenvalue weighted by Crippen LogP contribution is 2.57. The standard InChI is InChI=1S/C12H22N2O/c1-8(2)13-6-7-14-12(15)11-9-4-3-5-10(9)11/h8-11,13H,3-7H2,1-2H3,(H,14,15). The minimum Gasteiger partial charge on any atom is -0.355 e. The van der Waals surface area contributed by atoms with Crippen LogP contribution in [-0.4, -0.2) is 25.0 Å². The van der Waals surface area contributed by atoms with Crippen molar-refractivity contribution in [2.75, 3.05) is 13.1 Å². The summed E-state index contributed by atoms with van der Waals surface area (Å²) in [6.45, 7) is 5.89. The molecule has 86 valence electrons. The monoisotopic (exact) mass is 210 g/mol. The Bertz CT molecular complexity index is 230. The van der Waals surface area contributed by atoms with E-state index in [-0.39, 0.29) is 0 Å². The molecule has 0 bridgehead atoms. The fourth-order valence-corrected chi connectivity index (χ4v) is 2.87. The maximum atomic E-state index is 11.7. The molecule has 3 nitrogen and oxygen atoms in total. The molecule has 2 rings (SSSR count). The zero-order chi connectivity index (χ0) is 10.8. The van der Waals surface area contributed by atoms with Crippen molar-refractivity contribution in [1.29, 1.82) is 0 Å². The Balaban J connectivity index is 1.58. The molecule has 2 N–H and O–H groups in total. The Kier molecular flexibility index (Phi) is 3.29. The topological polar surface area (TPSA) is 41.1 Å². The summed E-state index contributed by atoms with van der Waals surface area (Å²) in [5, 5.41) is 6.32. The second-order valence-corrected chi connectivity index (χ2v) is 5.18. The molecular weight excluding hydrogens is 188 g/mol. The van der Waals surface area contributed by atoms with Crippen molar-refractivity contribution in [1.82, 2.24) is 10.6 Å². The van der Waals surface area contributed by atoms with Gasteiger partial charge in [-0.25, -0.2) is 0 Å². The molecular formula is C12H22N2O. The highest BCUT2D eigenvalue weighted by atomic mass is 16.2. The summed E-state index contributed by atoms with van der Waals surface area (Å²) in [7, 11) is 0. The van der Waals surface area contributed by atoms with E-state index in [1.54, 1.807) is 0 Å². The zero-order valence-electron chi connectivity index (χ0n) is 9.75. The van der Waals surface area contributed by atoms with Gasteiger partial charge in [-0.3, -0.25) is 4.79 Å². The number of carbonyl (C=O) groups is 1. The van der Waals surface area contributed by atoms with Gasteiger partial charge >= 0.3 is 0 Å². The van der Waals surface area contributed by atoms with Gasteiger partial charge in [0.2, 0.25) is 5.91 Å². The van der Waals surface area contributed by atoms with E-state index in [1.165, 1.54) is 19.3 Å². The first-order valence-electron chi connectivity index (χ1n) is 6.21. The second kappa shape index (κ2) is 4.52. The first-order valence-corrected chi connectivity index (χ1v) is 6.21. The molecule has 2 saturated carbocycles. The molecule has 2 aliphatic carbocycles. The molecule has 2 atom stereocenters. The first kappa shape index (κ1) is 10.9. The second-order valence-electron chi connectivity index (χ2n) is 5.18. The van der Waals surface area contributed by atoms with Crippen molar-refractivity contribution < 1.29 is 4.79 Å². The van der Waals surface area contributed by atoms with E-state index < -0.39 is 0 Å². The largest absolute Gasteiger partial charge is 0.355 e. The molecule has 1 amide bonds. The van der Waals surface area contributed by atoms with Crippen molar-refractivity contribution in [3.8, 4) is 0 Å². The van der Waals surface area contributed by atoms with Crippen LogP contribution in [0.3, 0.4) is 0 Å². The van der Waals surface area contributed by atoms with Crippen molar-refractivity contribution >= 4 is 5.91 Å². The minimum absolute atomic E-state index is 0.301. The Morgan fingerprint density at radius 3 is 2.53 bits per heavy atom. The van der Waals surface area contributed by atoms with E-state index in [9.17, 15) is 4.79 Å². The Labute approximate surface area is 92.0 Å². The Hall–Kier alpha value is -0.570. The summed E-state index contributed by atoms with van der Waals surface area (Å²) in [4.78, 5) is 11.7. The van der Waals surface area contributed by atoms with E-state index in [4.69, 9.17) is 0 Å². The van der Waals surface area contributed by atoms with Gasteiger partial charge in [-0.15, -0.1) is 0 Å². The van der Waals surface area contributed by atoms with Gasteiger partial charge in [0.15, 0.2) is 0 Å². The Morgan fingerprint density at radius 2 is 1.93 bits per heavy atom. The van der Waals surface area contributed by atoms with Crippen LogP contribution in [0.2, 0.25) is 0 Å². The minimum atomic E-state index is 0.301. The highest BCUT2D eigenvalue weighted by molar-refractivity contribution is 5.82.